The summed E-state index contributed by atoms with van der Waals surface area (Å²) in [7, 11) is 0. The number of pyridine rings is 1. The van der Waals surface area contributed by atoms with Crippen LogP contribution in [0.5, 0.6) is 0 Å². The van der Waals surface area contributed by atoms with Gasteiger partial charge in [-0.15, -0.1) is 11.6 Å². The molecule has 0 atom stereocenters. The minimum Gasteiger partial charge on any atom is -0.311 e. The highest BCUT2D eigenvalue weighted by atomic mass is 35.5. The Bertz CT molecular complexity index is 334. The molecule has 1 saturated carbocycles. The third-order valence-electron chi connectivity index (χ3n) is 3.15. The highest BCUT2D eigenvalue weighted by molar-refractivity contribution is 6.18. The van der Waals surface area contributed by atoms with Crippen molar-refractivity contribution in [3.8, 4) is 0 Å². The minimum absolute atomic E-state index is 0.393. The molecule has 1 aromatic rings. The smallest absolute Gasteiger partial charge is 0.0570 e. The zero-order valence-electron chi connectivity index (χ0n) is 9.09. The van der Waals surface area contributed by atoms with Crippen LogP contribution in [0.25, 0.3) is 0 Å². The van der Waals surface area contributed by atoms with Crippen LogP contribution in [0.2, 0.25) is 0 Å². The first-order valence-electron chi connectivity index (χ1n) is 5.43. The Kier molecular flexibility index (Phi) is 3.27. The lowest BCUT2D eigenvalue weighted by molar-refractivity contribution is 0.501. The van der Waals surface area contributed by atoms with E-state index in [-0.39, 0.29) is 0 Å². The van der Waals surface area contributed by atoms with Crippen molar-refractivity contribution in [1.82, 2.24) is 10.3 Å². The van der Waals surface area contributed by atoms with E-state index in [1.807, 2.05) is 12.3 Å². The molecule has 1 fully saturated rings. The van der Waals surface area contributed by atoms with Gasteiger partial charge in [-0.2, -0.15) is 0 Å². The van der Waals surface area contributed by atoms with Gasteiger partial charge in [0.2, 0.25) is 0 Å². The summed E-state index contributed by atoms with van der Waals surface area (Å²) < 4.78 is 0. The fourth-order valence-corrected chi connectivity index (χ4v) is 2.05. The van der Waals surface area contributed by atoms with Crippen molar-refractivity contribution in [3.05, 3.63) is 29.6 Å². The van der Waals surface area contributed by atoms with Crippen LogP contribution >= 0.6 is 11.6 Å². The molecule has 3 heteroatoms. The van der Waals surface area contributed by atoms with Gasteiger partial charge in [0.15, 0.2) is 0 Å². The van der Waals surface area contributed by atoms with Crippen molar-refractivity contribution in [1.29, 1.82) is 0 Å². The fraction of sp³-hybridized carbons (Fsp3) is 0.583. The second kappa shape index (κ2) is 4.50. The monoisotopic (exact) mass is 224 g/mol. The molecule has 0 bridgehead atoms. The maximum Gasteiger partial charge on any atom is 0.0570 e. The SMILES string of the molecule is Cc1cccnc1CNCC1(CCl)CC1. The number of nitrogens with zero attached hydrogens (tertiary/aromatic N) is 1. The Labute approximate surface area is 96.1 Å². The lowest BCUT2D eigenvalue weighted by Crippen LogP contribution is -2.25. The first-order valence-corrected chi connectivity index (χ1v) is 5.96. The van der Waals surface area contributed by atoms with Gasteiger partial charge in [-0.05, 0) is 36.8 Å². The molecular weight excluding hydrogens is 208 g/mol. The van der Waals surface area contributed by atoms with Crippen molar-refractivity contribution in [2.75, 3.05) is 12.4 Å². The average Bonchev–Trinajstić information content (AvgIpc) is 3.02. The second-order valence-corrected chi connectivity index (χ2v) is 4.77. The van der Waals surface area contributed by atoms with Gasteiger partial charge in [0, 0.05) is 25.2 Å². The van der Waals surface area contributed by atoms with Gasteiger partial charge in [0.05, 0.1) is 5.69 Å². The molecule has 1 N–H and O–H groups in total. The molecule has 0 radical (unpaired) electrons. The summed E-state index contributed by atoms with van der Waals surface area (Å²) in [5.41, 5.74) is 2.79. The second-order valence-electron chi connectivity index (χ2n) is 4.50. The Balaban J connectivity index is 1.81. The van der Waals surface area contributed by atoms with E-state index in [4.69, 9.17) is 11.6 Å². The number of aromatic nitrogens is 1. The minimum atomic E-state index is 0.393. The van der Waals surface area contributed by atoms with Crippen molar-refractivity contribution in [3.63, 3.8) is 0 Å². The Hall–Kier alpha value is -0.600. The summed E-state index contributed by atoms with van der Waals surface area (Å²) in [5.74, 6) is 0.779. The molecular formula is C12H17ClN2. The van der Waals surface area contributed by atoms with E-state index in [1.54, 1.807) is 0 Å². The zero-order valence-corrected chi connectivity index (χ0v) is 9.85. The number of halogens is 1. The number of nitrogens with one attached hydrogen (secondary N) is 1. The van der Waals surface area contributed by atoms with E-state index >= 15 is 0 Å². The maximum atomic E-state index is 5.91. The summed E-state index contributed by atoms with van der Waals surface area (Å²) in [5, 5.41) is 3.45. The van der Waals surface area contributed by atoms with Gasteiger partial charge in [-0.25, -0.2) is 0 Å². The molecule has 0 spiro atoms. The molecule has 0 saturated heterocycles. The topological polar surface area (TPSA) is 24.9 Å². The highest BCUT2D eigenvalue weighted by Gasteiger charge is 2.41. The summed E-state index contributed by atoms with van der Waals surface area (Å²) in [6.07, 6.45) is 4.38. The van der Waals surface area contributed by atoms with E-state index in [2.05, 4.69) is 23.3 Å². The van der Waals surface area contributed by atoms with Crippen molar-refractivity contribution < 1.29 is 0 Å². The number of hydrogen-bond donors (Lipinski definition) is 1. The van der Waals surface area contributed by atoms with Crippen LogP contribution in [0.4, 0.5) is 0 Å². The molecule has 1 aromatic heterocycles. The summed E-state index contributed by atoms with van der Waals surface area (Å²) in [6.45, 7) is 3.97. The van der Waals surface area contributed by atoms with Crippen LogP contribution in [0.3, 0.4) is 0 Å². The van der Waals surface area contributed by atoms with Crippen molar-refractivity contribution in [2.45, 2.75) is 26.3 Å². The zero-order chi connectivity index (χ0) is 10.7. The van der Waals surface area contributed by atoms with Gasteiger partial charge < -0.3 is 5.32 Å². The van der Waals surface area contributed by atoms with Crippen LogP contribution in [0.1, 0.15) is 24.1 Å². The number of aryl methyl sites for hydroxylation is 1. The first kappa shape index (κ1) is 10.9. The Morgan fingerprint density at radius 3 is 2.93 bits per heavy atom. The van der Waals surface area contributed by atoms with Crippen LogP contribution in [0.15, 0.2) is 18.3 Å². The van der Waals surface area contributed by atoms with Gasteiger partial charge in [-0.3, -0.25) is 4.98 Å². The standard InChI is InChI=1S/C12H17ClN2/c1-10-3-2-6-15-11(10)7-14-9-12(8-13)4-5-12/h2-3,6,14H,4-5,7-9H2,1H3. The molecule has 0 amide bonds. The molecule has 1 aliphatic carbocycles. The molecule has 0 unspecified atom stereocenters. The number of alkyl halides is 1. The van der Waals surface area contributed by atoms with E-state index < -0.39 is 0 Å². The van der Waals surface area contributed by atoms with E-state index in [0.717, 1.165) is 24.7 Å². The average molecular weight is 225 g/mol. The third kappa shape index (κ3) is 2.70. The van der Waals surface area contributed by atoms with Crippen LogP contribution < -0.4 is 5.32 Å². The molecule has 0 aromatic carbocycles. The first-order chi connectivity index (χ1) is 7.26. The molecule has 1 heterocycles. The number of hydrogen-bond acceptors (Lipinski definition) is 2. The quantitative estimate of drug-likeness (QED) is 0.778. The molecule has 1 aliphatic rings. The van der Waals surface area contributed by atoms with Crippen molar-refractivity contribution >= 4 is 11.6 Å². The van der Waals surface area contributed by atoms with Gasteiger partial charge in [0.1, 0.15) is 0 Å². The number of rotatable bonds is 5. The van der Waals surface area contributed by atoms with Gasteiger partial charge >= 0.3 is 0 Å². The lowest BCUT2D eigenvalue weighted by Gasteiger charge is -2.12. The highest BCUT2D eigenvalue weighted by Crippen LogP contribution is 2.45. The molecule has 15 heavy (non-hydrogen) atoms. The Morgan fingerprint density at radius 2 is 2.33 bits per heavy atom. The predicted octanol–water partition coefficient (Wildman–Crippen LogP) is 2.50. The third-order valence-corrected chi connectivity index (χ3v) is 3.72. The molecule has 82 valence electrons. The van der Waals surface area contributed by atoms with Gasteiger partial charge in [-0.1, -0.05) is 6.07 Å². The lowest BCUT2D eigenvalue weighted by atomic mass is 10.1. The Morgan fingerprint density at radius 1 is 1.53 bits per heavy atom. The largest absolute Gasteiger partial charge is 0.311 e. The molecule has 0 aliphatic heterocycles. The predicted molar refractivity (Wildman–Crippen MR) is 63.1 cm³/mol. The van der Waals surface area contributed by atoms with Crippen LogP contribution in [0, 0.1) is 12.3 Å². The normalized spacial score (nSPS) is 17.7. The summed E-state index contributed by atoms with van der Waals surface area (Å²) in [6, 6.07) is 4.07. The maximum absolute atomic E-state index is 5.91. The van der Waals surface area contributed by atoms with Gasteiger partial charge in [0.25, 0.3) is 0 Å². The van der Waals surface area contributed by atoms with Crippen LogP contribution in [-0.4, -0.2) is 17.4 Å². The summed E-state index contributed by atoms with van der Waals surface area (Å²) >= 11 is 5.91. The molecule has 2 nitrogen and oxygen atoms in total. The fourth-order valence-electron chi connectivity index (χ4n) is 1.68. The van der Waals surface area contributed by atoms with E-state index in [9.17, 15) is 0 Å². The summed E-state index contributed by atoms with van der Waals surface area (Å²) in [4.78, 5) is 4.35. The van der Waals surface area contributed by atoms with Crippen molar-refractivity contribution in [2.24, 2.45) is 5.41 Å². The molecule has 2 rings (SSSR count). The van der Waals surface area contributed by atoms with E-state index in [1.165, 1.54) is 18.4 Å². The van der Waals surface area contributed by atoms with Crippen LogP contribution in [-0.2, 0) is 6.54 Å². The van der Waals surface area contributed by atoms with E-state index in [0.29, 0.717) is 5.41 Å².